The van der Waals surface area contributed by atoms with Crippen molar-refractivity contribution in [2.24, 2.45) is 0 Å². The van der Waals surface area contributed by atoms with E-state index in [1.807, 2.05) is 42.2 Å². The molecule has 126 valence electrons. The highest BCUT2D eigenvalue weighted by Gasteiger charge is 2.28. The van der Waals surface area contributed by atoms with Crippen LogP contribution < -0.4 is 10.2 Å². The Hall–Kier alpha value is -2.49. The van der Waals surface area contributed by atoms with Crippen LogP contribution in [0.4, 0.5) is 16.2 Å². The van der Waals surface area contributed by atoms with E-state index in [1.54, 1.807) is 0 Å². The molecule has 4 heteroatoms. The Morgan fingerprint density at radius 3 is 2.58 bits per heavy atom. The van der Waals surface area contributed by atoms with E-state index in [9.17, 15) is 4.79 Å². The van der Waals surface area contributed by atoms with Crippen molar-refractivity contribution in [2.75, 3.05) is 23.8 Å². The number of nitrogens with zero attached hydrogens (tertiary/aromatic N) is 2. The summed E-state index contributed by atoms with van der Waals surface area (Å²) in [5, 5.41) is 3.05. The van der Waals surface area contributed by atoms with E-state index < -0.39 is 0 Å². The van der Waals surface area contributed by atoms with Crippen LogP contribution in [-0.2, 0) is 6.54 Å². The Morgan fingerprint density at radius 2 is 1.88 bits per heavy atom. The summed E-state index contributed by atoms with van der Waals surface area (Å²) in [6.07, 6.45) is 0.930. The van der Waals surface area contributed by atoms with Crippen molar-refractivity contribution < 1.29 is 4.79 Å². The molecule has 1 atom stereocenters. The maximum Gasteiger partial charge on any atom is 0.322 e. The first-order valence-electron chi connectivity index (χ1n) is 8.52. The van der Waals surface area contributed by atoms with Gasteiger partial charge in [-0.3, -0.25) is 0 Å². The van der Waals surface area contributed by atoms with Crippen LogP contribution in [0.5, 0.6) is 0 Å². The number of nitrogens with one attached hydrogen (secondary N) is 1. The van der Waals surface area contributed by atoms with Crippen LogP contribution in [0.1, 0.15) is 24.5 Å². The monoisotopic (exact) mass is 323 g/mol. The Morgan fingerprint density at radius 1 is 1.17 bits per heavy atom. The minimum absolute atomic E-state index is 0.0317. The second-order valence-corrected chi connectivity index (χ2v) is 6.50. The molecule has 4 nitrogen and oxygen atoms in total. The lowest BCUT2D eigenvalue weighted by molar-refractivity contribution is 0.185. The molecule has 1 N–H and O–H groups in total. The summed E-state index contributed by atoms with van der Waals surface area (Å²) in [6.45, 7) is 5.66. The smallest absolute Gasteiger partial charge is 0.322 e. The van der Waals surface area contributed by atoms with Crippen LogP contribution in [-0.4, -0.2) is 30.6 Å². The van der Waals surface area contributed by atoms with Crippen molar-refractivity contribution in [3.63, 3.8) is 0 Å². The summed E-state index contributed by atoms with van der Waals surface area (Å²) in [7, 11) is 2.10. The Kier molecular flexibility index (Phi) is 4.74. The van der Waals surface area contributed by atoms with Crippen molar-refractivity contribution in [1.82, 2.24) is 4.90 Å². The Labute approximate surface area is 144 Å². The van der Waals surface area contributed by atoms with Gasteiger partial charge in [0.2, 0.25) is 0 Å². The zero-order chi connectivity index (χ0) is 17.1. The molecule has 0 aromatic heterocycles. The molecule has 0 spiro atoms. The minimum atomic E-state index is -0.0317. The van der Waals surface area contributed by atoms with Crippen LogP contribution in [0, 0.1) is 6.92 Å². The number of rotatable bonds is 2. The van der Waals surface area contributed by atoms with Crippen LogP contribution in [0.15, 0.2) is 48.5 Å². The first-order valence-corrected chi connectivity index (χ1v) is 8.52. The number of likely N-dealkylation sites (N-methyl/N-ethyl adjacent to an activating group) is 1. The highest BCUT2D eigenvalue weighted by atomic mass is 16.2. The van der Waals surface area contributed by atoms with Gasteiger partial charge in [-0.2, -0.15) is 0 Å². The van der Waals surface area contributed by atoms with Gasteiger partial charge in [-0.15, -0.1) is 0 Å². The highest BCUT2D eigenvalue weighted by Crippen LogP contribution is 2.27. The fraction of sp³-hybridized carbons (Fsp3) is 0.350. The van der Waals surface area contributed by atoms with E-state index in [2.05, 4.69) is 42.4 Å². The van der Waals surface area contributed by atoms with E-state index in [4.69, 9.17) is 0 Å². The number of benzene rings is 2. The molecule has 0 saturated heterocycles. The number of carbonyl (C=O) groups is 1. The molecule has 1 heterocycles. The lowest BCUT2D eigenvalue weighted by Gasteiger charge is -2.30. The van der Waals surface area contributed by atoms with Crippen LogP contribution in [0.25, 0.3) is 0 Å². The summed E-state index contributed by atoms with van der Waals surface area (Å²) in [5.74, 6) is 0. The molecule has 2 amide bonds. The first-order chi connectivity index (χ1) is 11.6. The van der Waals surface area contributed by atoms with E-state index in [1.165, 1.54) is 16.8 Å². The molecule has 0 unspecified atom stereocenters. The second kappa shape index (κ2) is 6.95. The average Bonchev–Trinajstić information content (AvgIpc) is 2.74. The fourth-order valence-corrected chi connectivity index (χ4v) is 3.26. The minimum Gasteiger partial charge on any atom is -0.372 e. The third kappa shape index (κ3) is 3.37. The molecule has 0 bridgehead atoms. The zero-order valence-corrected chi connectivity index (χ0v) is 14.6. The molecule has 1 aliphatic heterocycles. The summed E-state index contributed by atoms with van der Waals surface area (Å²) >= 11 is 0. The summed E-state index contributed by atoms with van der Waals surface area (Å²) < 4.78 is 0. The molecule has 0 saturated carbocycles. The second-order valence-electron chi connectivity index (χ2n) is 6.50. The maximum absolute atomic E-state index is 12.9. The largest absolute Gasteiger partial charge is 0.372 e. The van der Waals surface area contributed by atoms with Crippen LogP contribution >= 0.6 is 0 Å². The van der Waals surface area contributed by atoms with Gasteiger partial charge >= 0.3 is 6.03 Å². The Bertz CT molecular complexity index is 711. The van der Waals surface area contributed by atoms with E-state index in [0.29, 0.717) is 6.54 Å². The number of aryl methyl sites for hydroxylation is 1. The average molecular weight is 323 g/mol. The molecule has 0 fully saturated rings. The third-order valence-corrected chi connectivity index (χ3v) is 4.70. The lowest BCUT2D eigenvalue weighted by Crippen LogP contribution is -2.45. The van der Waals surface area contributed by atoms with Gasteiger partial charge in [0.1, 0.15) is 0 Å². The number of fused-ring (bicyclic) bond motifs is 1. The highest BCUT2D eigenvalue weighted by molar-refractivity contribution is 5.89. The van der Waals surface area contributed by atoms with Crippen LogP contribution in [0.3, 0.4) is 0 Å². The van der Waals surface area contributed by atoms with Gasteiger partial charge in [0.15, 0.2) is 0 Å². The number of hydrogen-bond donors (Lipinski definition) is 1. The van der Waals surface area contributed by atoms with Crippen molar-refractivity contribution in [3.8, 4) is 0 Å². The molecule has 0 radical (unpaired) electrons. The number of urea groups is 1. The number of amides is 2. The molecule has 24 heavy (non-hydrogen) atoms. The maximum atomic E-state index is 12.9. The molecule has 2 aromatic rings. The summed E-state index contributed by atoms with van der Waals surface area (Å²) in [6, 6.07) is 16.4. The lowest BCUT2D eigenvalue weighted by atomic mass is 10.1. The normalized spacial score (nSPS) is 17.2. The van der Waals surface area contributed by atoms with Gasteiger partial charge in [-0.25, -0.2) is 4.79 Å². The molecule has 3 rings (SSSR count). The van der Waals surface area contributed by atoms with E-state index >= 15 is 0 Å². The number of carbonyl (C=O) groups excluding carboxylic acids is 1. The molecular formula is C20H25N3O. The number of hydrogen-bond acceptors (Lipinski definition) is 2. The fourth-order valence-electron chi connectivity index (χ4n) is 3.26. The van der Waals surface area contributed by atoms with Gasteiger partial charge in [-0.1, -0.05) is 42.8 Å². The third-order valence-electron chi connectivity index (χ3n) is 4.70. The summed E-state index contributed by atoms with van der Waals surface area (Å²) in [4.78, 5) is 17.1. The van der Waals surface area contributed by atoms with Crippen molar-refractivity contribution in [1.29, 1.82) is 0 Å². The SMILES string of the molecule is CC[C@H]1CN(C)c2ccccc2CN1C(=O)Nc1ccc(C)cc1. The number of anilines is 2. The van der Waals surface area contributed by atoms with Gasteiger partial charge in [0.25, 0.3) is 0 Å². The number of para-hydroxylation sites is 1. The van der Waals surface area contributed by atoms with Gasteiger partial charge in [0.05, 0.1) is 6.04 Å². The predicted molar refractivity (Wildman–Crippen MR) is 99.5 cm³/mol. The van der Waals surface area contributed by atoms with Gasteiger partial charge < -0.3 is 15.1 Å². The molecular weight excluding hydrogens is 298 g/mol. The topological polar surface area (TPSA) is 35.6 Å². The predicted octanol–water partition coefficient (Wildman–Crippen LogP) is 4.26. The van der Waals surface area contributed by atoms with E-state index in [0.717, 1.165) is 18.7 Å². The quantitative estimate of drug-likeness (QED) is 0.896. The van der Waals surface area contributed by atoms with Gasteiger partial charge in [-0.05, 0) is 37.1 Å². The van der Waals surface area contributed by atoms with Crippen molar-refractivity contribution >= 4 is 17.4 Å². The first kappa shape index (κ1) is 16.4. The molecule has 0 aliphatic carbocycles. The van der Waals surface area contributed by atoms with Crippen LogP contribution in [0.2, 0.25) is 0 Å². The Balaban J connectivity index is 1.84. The molecule has 2 aromatic carbocycles. The van der Waals surface area contributed by atoms with Gasteiger partial charge in [0, 0.05) is 31.5 Å². The standard InChI is InChI=1S/C20H25N3O/c1-4-18-14-22(3)19-8-6-5-7-16(19)13-23(18)20(24)21-17-11-9-15(2)10-12-17/h5-12,18H,4,13-14H2,1-3H3,(H,21,24)/t18-/m0/s1. The van der Waals surface area contributed by atoms with Crippen molar-refractivity contribution in [3.05, 3.63) is 59.7 Å². The summed E-state index contributed by atoms with van der Waals surface area (Å²) in [5.41, 5.74) is 4.42. The molecule has 1 aliphatic rings. The van der Waals surface area contributed by atoms with Crippen molar-refractivity contribution in [2.45, 2.75) is 32.9 Å². The zero-order valence-electron chi connectivity index (χ0n) is 14.6. The van der Waals surface area contributed by atoms with E-state index in [-0.39, 0.29) is 12.1 Å².